The summed E-state index contributed by atoms with van der Waals surface area (Å²) in [5.74, 6) is 0.568. The number of nitrogens with zero attached hydrogens (tertiary/aromatic N) is 1. The number of amides is 2. The average molecular weight is 344 g/mol. The number of ether oxygens (including phenoxy) is 1. The first-order valence-electron chi connectivity index (χ1n) is 9.41. The van der Waals surface area contributed by atoms with Gasteiger partial charge in [0, 0.05) is 32.0 Å². The third kappa shape index (κ3) is 5.30. The molecule has 1 aromatic rings. The molecule has 1 aromatic carbocycles. The summed E-state index contributed by atoms with van der Waals surface area (Å²) in [5, 5.41) is 3.17. The van der Waals surface area contributed by atoms with E-state index in [9.17, 15) is 9.59 Å². The van der Waals surface area contributed by atoms with Gasteiger partial charge in [0.05, 0.1) is 13.2 Å². The molecule has 2 fully saturated rings. The van der Waals surface area contributed by atoms with E-state index in [1.807, 2.05) is 6.07 Å². The molecule has 1 aliphatic carbocycles. The maximum absolute atomic E-state index is 12.3. The zero-order valence-electron chi connectivity index (χ0n) is 14.8. The number of hydrogen-bond donors (Lipinski definition) is 1. The molecule has 0 radical (unpaired) electrons. The number of morpholine rings is 1. The van der Waals surface area contributed by atoms with Crippen molar-refractivity contribution in [2.24, 2.45) is 5.92 Å². The Labute approximate surface area is 149 Å². The number of nitrogens with one attached hydrogen (secondary N) is 1. The third-order valence-corrected chi connectivity index (χ3v) is 5.28. The van der Waals surface area contributed by atoms with E-state index in [-0.39, 0.29) is 24.3 Å². The second kappa shape index (κ2) is 8.99. The molecule has 5 nitrogen and oxygen atoms in total. The van der Waals surface area contributed by atoms with Crippen LogP contribution in [0.15, 0.2) is 30.3 Å². The topological polar surface area (TPSA) is 58.6 Å². The summed E-state index contributed by atoms with van der Waals surface area (Å²) >= 11 is 0. The quantitative estimate of drug-likeness (QED) is 0.860. The van der Waals surface area contributed by atoms with Gasteiger partial charge in [-0.05, 0) is 30.7 Å². The predicted molar refractivity (Wildman–Crippen MR) is 96.1 cm³/mol. The molecule has 0 aromatic heterocycles. The second-order valence-corrected chi connectivity index (χ2v) is 7.05. The number of carbonyl (C=O) groups excluding carboxylic acids is 2. The van der Waals surface area contributed by atoms with Crippen LogP contribution in [0.1, 0.15) is 37.7 Å². The minimum Gasteiger partial charge on any atom is -0.378 e. The van der Waals surface area contributed by atoms with Crippen LogP contribution < -0.4 is 5.32 Å². The van der Waals surface area contributed by atoms with Crippen LogP contribution in [-0.4, -0.2) is 49.1 Å². The van der Waals surface area contributed by atoms with Gasteiger partial charge < -0.3 is 15.0 Å². The molecule has 1 aliphatic heterocycles. The van der Waals surface area contributed by atoms with Crippen molar-refractivity contribution in [1.29, 1.82) is 0 Å². The van der Waals surface area contributed by atoms with E-state index >= 15 is 0 Å². The van der Waals surface area contributed by atoms with Crippen molar-refractivity contribution in [1.82, 2.24) is 10.2 Å². The van der Waals surface area contributed by atoms with Gasteiger partial charge in [0.1, 0.15) is 0 Å². The summed E-state index contributed by atoms with van der Waals surface area (Å²) in [6, 6.07) is 10.7. The molecule has 25 heavy (non-hydrogen) atoms. The lowest BCUT2D eigenvalue weighted by atomic mass is 9.94. The third-order valence-electron chi connectivity index (χ3n) is 5.28. The van der Waals surface area contributed by atoms with Crippen molar-refractivity contribution < 1.29 is 14.3 Å². The molecule has 5 heteroatoms. The zero-order valence-corrected chi connectivity index (χ0v) is 14.8. The van der Waals surface area contributed by atoms with E-state index < -0.39 is 0 Å². The largest absolute Gasteiger partial charge is 0.378 e. The molecule has 1 saturated carbocycles. The van der Waals surface area contributed by atoms with E-state index in [4.69, 9.17) is 4.74 Å². The molecule has 1 heterocycles. The molecule has 0 bridgehead atoms. The smallest absolute Gasteiger partial charge is 0.223 e. The Morgan fingerprint density at radius 3 is 2.60 bits per heavy atom. The highest BCUT2D eigenvalue weighted by molar-refractivity contribution is 5.84. The van der Waals surface area contributed by atoms with E-state index in [2.05, 4.69) is 29.6 Å². The Kier molecular flexibility index (Phi) is 6.45. The Morgan fingerprint density at radius 2 is 1.84 bits per heavy atom. The highest BCUT2D eigenvalue weighted by Crippen LogP contribution is 2.29. The molecule has 0 spiro atoms. The minimum atomic E-state index is 0.00608. The van der Waals surface area contributed by atoms with Crippen LogP contribution in [0.2, 0.25) is 0 Å². The molecule has 0 unspecified atom stereocenters. The van der Waals surface area contributed by atoms with Crippen LogP contribution in [0.4, 0.5) is 0 Å². The van der Waals surface area contributed by atoms with Crippen LogP contribution in [0, 0.1) is 5.92 Å². The van der Waals surface area contributed by atoms with Crippen LogP contribution >= 0.6 is 0 Å². The molecule has 2 atom stereocenters. The van der Waals surface area contributed by atoms with Crippen LogP contribution in [-0.2, 0) is 20.7 Å². The molecule has 1 N–H and O–H groups in total. The Morgan fingerprint density at radius 1 is 1.08 bits per heavy atom. The Hall–Kier alpha value is -1.88. The summed E-state index contributed by atoms with van der Waals surface area (Å²) in [4.78, 5) is 26.2. The first-order chi connectivity index (χ1) is 12.2. The average Bonchev–Trinajstić information content (AvgIpc) is 3.08. The van der Waals surface area contributed by atoms with Gasteiger partial charge in [-0.25, -0.2) is 0 Å². The maximum Gasteiger partial charge on any atom is 0.223 e. The highest BCUT2D eigenvalue weighted by Gasteiger charge is 2.28. The molecule has 136 valence electrons. The molecule has 2 aliphatic rings. The second-order valence-electron chi connectivity index (χ2n) is 7.05. The predicted octanol–water partition coefficient (Wildman–Crippen LogP) is 2.15. The van der Waals surface area contributed by atoms with Gasteiger partial charge in [0.25, 0.3) is 0 Å². The number of hydrogen-bond acceptors (Lipinski definition) is 3. The number of benzene rings is 1. The lowest BCUT2D eigenvalue weighted by Gasteiger charge is -2.27. The van der Waals surface area contributed by atoms with Gasteiger partial charge in [0.2, 0.25) is 11.8 Å². The number of rotatable bonds is 6. The van der Waals surface area contributed by atoms with Crippen molar-refractivity contribution >= 4 is 11.8 Å². The van der Waals surface area contributed by atoms with Gasteiger partial charge in [-0.15, -0.1) is 0 Å². The van der Waals surface area contributed by atoms with Gasteiger partial charge in [0.15, 0.2) is 0 Å². The van der Waals surface area contributed by atoms with E-state index in [0.717, 1.165) is 25.7 Å². The standard InChI is InChI=1S/C20H28N2O3/c23-19(9-10-20(24)22-11-13-25-14-12-22)21-18-8-4-7-17(18)15-16-5-2-1-3-6-16/h1-3,5-6,17-18H,4,7-15H2,(H,21,23)/t17-,18-/m0/s1. The lowest BCUT2D eigenvalue weighted by Crippen LogP contribution is -2.42. The summed E-state index contributed by atoms with van der Waals surface area (Å²) in [6.07, 6.45) is 4.95. The van der Waals surface area contributed by atoms with E-state index in [0.29, 0.717) is 38.6 Å². The Balaban J connectivity index is 1.42. The first-order valence-corrected chi connectivity index (χ1v) is 9.41. The van der Waals surface area contributed by atoms with Crippen molar-refractivity contribution in [2.45, 2.75) is 44.6 Å². The van der Waals surface area contributed by atoms with Crippen molar-refractivity contribution in [3.63, 3.8) is 0 Å². The van der Waals surface area contributed by atoms with Crippen molar-refractivity contribution in [2.75, 3.05) is 26.3 Å². The van der Waals surface area contributed by atoms with Crippen LogP contribution in [0.25, 0.3) is 0 Å². The SMILES string of the molecule is O=C(CCC(=O)N1CCOCC1)N[C@H]1CCC[C@H]1Cc1ccccc1. The van der Waals surface area contributed by atoms with Gasteiger partial charge >= 0.3 is 0 Å². The van der Waals surface area contributed by atoms with Gasteiger partial charge in [-0.1, -0.05) is 36.8 Å². The molecule has 1 saturated heterocycles. The van der Waals surface area contributed by atoms with E-state index in [1.165, 1.54) is 5.56 Å². The lowest BCUT2D eigenvalue weighted by molar-refractivity contribution is -0.137. The summed E-state index contributed by atoms with van der Waals surface area (Å²) in [7, 11) is 0. The first kappa shape index (κ1) is 17.9. The minimum absolute atomic E-state index is 0.00608. The van der Waals surface area contributed by atoms with Crippen molar-refractivity contribution in [3.05, 3.63) is 35.9 Å². The summed E-state index contributed by atoms with van der Waals surface area (Å²) in [6.45, 7) is 2.48. The van der Waals surface area contributed by atoms with Crippen LogP contribution in [0.3, 0.4) is 0 Å². The van der Waals surface area contributed by atoms with Gasteiger partial charge in [-0.3, -0.25) is 9.59 Å². The van der Waals surface area contributed by atoms with E-state index in [1.54, 1.807) is 4.90 Å². The Bertz CT molecular complexity index is 570. The highest BCUT2D eigenvalue weighted by atomic mass is 16.5. The summed E-state index contributed by atoms with van der Waals surface area (Å²) in [5.41, 5.74) is 1.33. The molecule has 3 rings (SSSR count). The monoisotopic (exact) mass is 344 g/mol. The summed E-state index contributed by atoms with van der Waals surface area (Å²) < 4.78 is 5.25. The molecular formula is C20H28N2O3. The van der Waals surface area contributed by atoms with Gasteiger partial charge in [-0.2, -0.15) is 0 Å². The van der Waals surface area contributed by atoms with Crippen molar-refractivity contribution in [3.8, 4) is 0 Å². The fourth-order valence-corrected chi connectivity index (χ4v) is 3.86. The maximum atomic E-state index is 12.3. The zero-order chi connectivity index (χ0) is 17.5. The molecular weight excluding hydrogens is 316 g/mol. The number of carbonyl (C=O) groups is 2. The van der Waals surface area contributed by atoms with Crippen LogP contribution in [0.5, 0.6) is 0 Å². The normalized spacial score (nSPS) is 23.4. The fourth-order valence-electron chi connectivity index (χ4n) is 3.86. The fraction of sp³-hybridized carbons (Fsp3) is 0.600. The molecule has 2 amide bonds.